The van der Waals surface area contributed by atoms with Gasteiger partial charge >= 0.3 is 11.9 Å². The number of nitrogens with zero attached hydrogens (tertiary/aromatic N) is 1. The van der Waals surface area contributed by atoms with Gasteiger partial charge in [0.1, 0.15) is 18.4 Å². The Kier molecular flexibility index (Phi) is 9.16. The number of aliphatic carboxylic acids is 1. The zero-order valence-electron chi connectivity index (χ0n) is 19.3. The standard InChI is InChI=1S/C26H31FN2O5/c1-2-34-26(33)23(14-8-18-6-4-3-5-7-18)28-22-15-11-20(19-9-12-21(27)13-10-19)16-29(25(22)32)17-24(30)31/h3-7,9-10,12-13,20,22-23,28H,2,8,11,14-17H2,1H3,(H,30,31)/t20?,22?,23-/m0/s1. The molecule has 1 aliphatic rings. The number of amides is 1. The second kappa shape index (κ2) is 12.3. The van der Waals surface area contributed by atoms with Gasteiger partial charge in [-0.25, -0.2) is 4.39 Å². The van der Waals surface area contributed by atoms with Crippen molar-refractivity contribution in [2.24, 2.45) is 0 Å². The fourth-order valence-corrected chi connectivity index (χ4v) is 4.34. The summed E-state index contributed by atoms with van der Waals surface area (Å²) in [5, 5.41) is 12.5. The molecular formula is C26H31FN2O5. The first kappa shape index (κ1) is 25.4. The quantitative estimate of drug-likeness (QED) is 0.518. The normalized spacial score (nSPS) is 19.4. The molecule has 2 aromatic rings. The smallest absolute Gasteiger partial charge is 0.323 e. The Labute approximate surface area is 198 Å². The van der Waals surface area contributed by atoms with Crippen molar-refractivity contribution >= 4 is 17.8 Å². The molecule has 7 nitrogen and oxygen atoms in total. The second-order valence-corrected chi connectivity index (χ2v) is 8.49. The SMILES string of the molecule is CCOC(=O)[C@H](CCc1ccccc1)NC1CCC(c2ccc(F)cc2)CN(CC(=O)O)C1=O. The number of carbonyl (C=O) groups excluding carboxylic acids is 2. The van der Waals surface area contributed by atoms with Crippen LogP contribution in [0.4, 0.5) is 4.39 Å². The average Bonchev–Trinajstić information content (AvgIpc) is 2.96. The lowest BCUT2D eigenvalue weighted by Crippen LogP contribution is -2.52. The third kappa shape index (κ3) is 7.12. The number of likely N-dealkylation sites (tertiary alicyclic amines) is 1. The van der Waals surface area contributed by atoms with E-state index in [1.807, 2.05) is 30.3 Å². The molecule has 2 aromatic carbocycles. The predicted molar refractivity (Wildman–Crippen MR) is 125 cm³/mol. The summed E-state index contributed by atoms with van der Waals surface area (Å²) in [6.45, 7) is 1.72. The Morgan fingerprint density at radius 2 is 1.85 bits per heavy atom. The van der Waals surface area contributed by atoms with Crippen LogP contribution < -0.4 is 5.32 Å². The van der Waals surface area contributed by atoms with Crippen LogP contribution in [0.25, 0.3) is 0 Å². The zero-order chi connectivity index (χ0) is 24.5. The van der Waals surface area contributed by atoms with Crippen molar-refractivity contribution in [1.82, 2.24) is 10.2 Å². The van der Waals surface area contributed by atoms with Crippen LogP contribution in [-0.2, 0) is 25.5 Å². The number of carboxylic acids is 1. The van der Waals surface area contributed by atoms with Gasteiger partial charge < -0.3 is 14.7 Å². The van der Waals surface area contributed by atoms with Gasteiger partial charge in [0.05, 0.1) is 12.6 Å². The van der Waals surface area contributed by atoms with E-state index in [4.69, 9.17) is 4.74 Å². The molecule has 2 N–H and O–H groups in total. The molecule has 2 unspecified atom stereocenters. The summed E-state index contributed by atoms with van der Waals surface area (Å²) in [5.74, 6) is -2.40. The topological polar surface area (TPSA) is 95.9 Å². The molecule has 0 radical (unpaired) electrons. The van der Waals surface area contributed by atoms with Crippen molar-refractivity contribution in [2.75, 3.05) is 19.7 Å². The molecule has 1 aliphatic heterocycles. The first-order valence-electron chi connectivity index (χ1n) is 11.6. The molecule has 1 saturated heterocycles. The minimum Gasteiger partial charge on any atom is -0.480 e. The molecule has 182 valence electrons. The Hall–Kier alpha value is -3.26. The van der Waals surface area contributed by atoms with E-state index in [9.17, 15) is 23.9 Å². The van der Waals surface area contributed by atoms with Crippen molar-refractivity contribution in [3.63, 3.8) is 0 Å². The highest BCUT2D eigenvalue weighted by Gasteiger charge is 2.35. The van der Waals surface area contributed by atoms with E-state index < -0.39 is 30.6 Å². The number of hydrogen-bond acceptors (Lipinski definition) is 5. The van der Waals surface area contributed by atoms with Crippen LogP contribution in [0.5, 0.6) is 0 Å². The number of aryl methyl sites for hydroxylation is 1. The van der Waals surface area contributed by atoms with E-state index in [-0.39, 0.29) is 30.8 Å². The first-order chi connectivity index (χ1) is 16.4. The molecule has 1 fully saturated rings. The van der Waals surface area contributed by atoms with Crippen LogP contribution in [0.1, 0.15) is 43.2 Å². The molecule has 0 aliphatic carbocycles. The Morgan fingerprint density at radius 1 is 1.15 bits per heavy atom. The fraction of sp³-hybridized carbons (Fsp3) is 0.423. The van der Waals surface area contributed by atoms with Crippen LogP contribution in [0, 0.1) is 5.82 Å². The number of carboxylic acid groups (broad SMARTS) is 1. The monoisotopic (exact) mass is 470 g/mol. The number of hydrogen-bond donors (Lipinski definition) is 2. The molecule has 0 bridgehead atoms. The summed E-state index contributed by atoms with van der Waals surface area (Å²) < 4.78 is 18.6. The molecular weight excluding hydrogens is 439 g/mol. The molecule has 8 heteroatoms. The number of rotatable bonds is 10. The van der Waals surface area contributed by atoms with Gasteiger partial charge in [-0.05, 0) is 55.9 Å². The predicted octanol–water partition coefficient (Wildman–Crippen LogP) is 3.14. The van der Waals surface area contributed by atoms with E-state index in [0.717, 1.165) is 11.1 Å². The molecule has 0 saturated carbocycles. The van der Waals surface area contributed by atoms with Crippen LogP contribution in [-0.4, -0.2) is 59.6 Å². The molecule has 3 atom stereocenters. The summed E-state index contributed by atoms with van der Waals surface area (Å²) in [7, 11) is 0. The number of carbonyl (C=O) groups is 3. The van der Waals surface area contributed by atoms with Gasteiger partial charge in [0, 0.05) is 12.5 Å². The Balaban J connectivity index is 1.78. The lowest BCUT2D eigenvalue weighted by molar-refractivity contribution is -0.148. The summed E-state index contributed by atoms with van der Waals surface area (Å²) >= 11 is 0. The van der Waals surface area contributed by atoms with Gasteiger partial charge in [0.2, 0.25) is 5.91 Å². The minimum absolute atomic E-state index is 0.138. The van der Waals surface area contributed by atoms with Crippen LogP contribution in [0.2, 0.25) is 0 Å². The van der Waals surface area contributed by atoms with Crippen molar-refractivity contribution in [2.45, 2.75) is 50.6 Å². The van der Waals surface area contributed by atoms with Gasteiger partial charge in [-0.1, -0.05) is 42.5 Å². The molecule has 0 spiro atoms. The van der Waals surface area contributed by atoms with Crippen molar-refractivity contribution in [3.8, 4) is 0 Å². The fourth-order valence-electron chi connectivity index (χ4n) is 4.34. The molecule has 1 heterocycles. The van der Waals surface area contributed by atoms with E-state index >= 15 is 0 Å². The third-order valence-electron chi connectivity index (χ3n) is 6.06. The Morgan fingerprint density at radius 3 is 2.50 bits per heavy atom. The van der Waals surface area contributed by atoms with Gasteiger partial charge in [-0.2, -0.15) is 0 Å². The summed E-state index contributed by atoms with van der Waals surface area (Å²) in [5.41, 5.74) is 1.91. The van der Waals surface area contributed by atoms with Gasteiger partial charge in [-0.15, -0.1) is 0 Å². The number of ether oxygens (including phenoxy) is 1. The minimum atomic E-state index is -1.11. The number of nitrogens with one attached hydrogen (secondary N) is 1. The van der Waals surface area contributed by atoms with E-state index in [1.165, 1.54) is 17.0 Å². The molecule has 34 heavy (non-hydrogen) atoms. The Bertz CT molecular complexity index is 967. The second-order valence-electron chi connectivity index (χ2n) is 8.49. The summed E-state index contributed by atoms with van der Waals surface area (Å²) in [4.78, 5) is 38.7. The number of benzene rings is 2. The van der Waals surface area contributed by atoms with E-state index in [2.05, 4.69) is 5.32 Å². The highest BCUT2D eigenvalue weighted by atomic mass is 19.1. The molecule has 1 amide bonds. The summed E-state index contributed by atoms with van der Waals surface area (Å²) in [6, 6.07) is 14.3. The van der Waals surface area contributed by atoms with Gasteiger partial charge in [0.15, 0.2) is 0 Å². The number of esters is 1. The van der Waals surface area contributed by atoms with Crippen LogP contribution >= 0.6 is 0 Å². The van der Waals surface area contributed by atoms with Crippen molar-refractivity contribution in [1.29, 1.82) is 0 Å². The number of halogens is 1. The highest BCUT2D eigenvalue weighted by Crippen LogP contribution is 2.28. The van der Waals surface area contributed by atoms with Crippen molar-refractivity contribution < 1.29 is 28.6 Å². The van der Waals surface area contributed by atoms with Gasteiger partial charge in [-0.3, -0.25) is 19.7 Å². The highest BCUT2D eigenvalue weighted by molar-refractivity contribution is 5.86. The van der Waals surface area contributed by atoms with Crippen LogP contribution in [0.15, 0.2) is 54.6 Å². The largest absolute Gasteiger partial charge is 0.480 e. The van der Waals surface area contributed by atoms with E-state index in [1.54, 1.807) is 19.1 Å². The summed E-state index contributed by atoms with van der Waals surface area (Å²) in [6.07, 6.45) is 2.06. The van der Waals surface area contributed by atoms with Crippen LogP contribution in [0.3, 0.4) is 0 Å². The maximum Gasteiger partial charge on any atom is 0.323 e. The van der Waals surface area contributed by atoms with Crippen molar-refractivity contribution in [3.05, 3.63) is 71.5 Å². The molecule has 0 aromatic heterocycles. The maximum atomic E-state index is 13.4. The lowest BCUT2D eigenvalue weighted by atomic mass is 9.93. The zero-order valence-corrected chi connectivity index (χ0v) is 19.3. The third-order valence-corrected chi connectivity index (χ3v) is 6.06. The van der Waals surface area contributed by atoms with Gasteiger partial charge in [0.25, 0.3) is 0 Å². The van der Waals surface area contributed by atoms with E-state index in [0.29, 0.717) is 25.7 Å². The lowest BCUT2D eigenvalue weighted by Gasteiger charge is -2.27. The molecule has 3 rings (SSSR count). The average molecular weight is 471 g/mol. The maximum absolute atomic E-state index is 13.4. The first-order valence-corrected chi connectivity index (χ1v) is 11.6.